The van der Waals surface area contributed by atoms with Gasteiger partial charge in [-0.25, -0.2) is 24.3 Å². The summed E-state index contributed by atoms with van der Waals surface area (Å²) in [4.78, 5) is 31.0. The molecule has 0 amide bonds. The largest absolute Gasteiger partial charge is 0.383 e. The third-order valence-electron chi connectivity index (χ3n) is 5.62. The summed E-state index contributed by atoms with van der Waals surface area (Å²) in [6.07, 6.45) is 3.42. The van der Waals surface area contributed by atoms with Gasteiger partial charge >= 0.3 is 0 Å². The number of para-hydroxylation sites is 1. The van der Waals surface area contributed by atoms with E-state index in [4.69, 9.17) is 10.7 Å². The second kappa shape index (κ2) is 8.93. The fourth-order valence-corrected chi connectivity index (χ4v) is 3.96. The normalized spacial score (nSPS) is 12.1. The number of aromatic nitrogens is 7. The fraction of sp³-hybridized carbons (Fsp3) is 0.167. The summed E-state index contributed by atoms with van der Waals surface area (Å²) >= 11 is 0. The summed E-state index contributed by atoms with van der Waals surface area (Å²) in [6, 6.07) is 12.9. The smallest absolute Gasteiger partial charge is 0.269 e. The van der Waals surface area contributed by atoms with Crippen molar-refractivity contribution in [3.8, 4) is 17.1 Å². The highest BCUT2D eigenvalue weighted by atomic mass is 19.1. The standard InChI is InChI=1S/C24H22FN9O/c1-3-16(30-21-19(20(26)27-12-28-21)22-29-13-33(2)32-22)23-31-17-11-7-10-15(25)18(17)24(35)34(23)14-8-5-4-6-9-14/h4-13,16H,3H2,1-2H3,(H3,26,27,28,30). The number of hydrogen-bond donors (Lipinski definition) is 2. The monoisotopic (exact) mass is 471 g/mol. The first-order valence-corrected chi connectivity index (χ1v) is 11.0. The number of nitrogen functional groups attached to an aromatic ring is 1. The van der Waals surface area contributed by atoms with E-state index in [9.17, 15) is 9.18 Å². The SMILES string of the molecule is CCC(Nc1ncnc(N)c1-c1ncn(C)n1)c1nc2cccc(F)c2c(=O)n1-c1ccccc1. The zero-order chi connectivity index (χ0) is 24.5. The van der Waals surface area contributed by atoms with Crippen molar-refractivity contribution < 1.29 is 4.39 Å². The average Bonchev–Trinajstić information content (AvgIpc) is 3.28. The summed E-state index contributed by atoms with van der Waals surface area (Å²) in [5.41, 5.74) is 6.94. The van der Waals surface area contributed by atoms with Gasteiger partial charge in [-0.2, -0.15) is 5.10 Å². The summed E-state index contributed by atoms with van der Waals surface area (Å²) in [5.74, 6) is 0.737. The molecule has 0 aliphatic rings. The Kier molecular flexibility index (Phi) is 5.65. The second-order valence-corrected chi connectivity index (χ2v) is 7.91. The maximum absolute atomic E-state index is 14.7. The van der Waals surface area contributed by atoms with Gasteiger partial charge in [0, 0.05) is 7.05 Å². The molecule has 176 valence electrons. The molecular weight excluding hydrogens is 449 g/mol. The minimum Gasteiger partial charge on any atom is -0.383 e. The second-order valence-electron chi connectivity index (χ2n) is 7.91. The molecule has 0 aliphatic carbocycles. The molecule has 0 aliphatic heterocycles. The van der Waals surface area contributed by atoms with Crippen molar-refractivity contribution in [2.24, 2.45) is 7.05 Å². The van der Waals surface area contributed by atoms with Crippen LogP contribution >= 0.6 is 0 Å². The van der Waals surface area contributed by atoms with Crippen LogP contribution in [0.3, 0.4) is 0 Å². The molecular formula is C24H22FN9O. The van der Waals surface area contributed by atoms with E-state index in [0.717, 1.165) is 0 Å². The molecule has 35 heavy (non-hydrogen) atoms. The zero-order valence-electron chi connectivity index (χ0n) is 19.1. The van der Waals surface area contributed by atoms with E-state index in [1.807, 2.05) is 13.0 Å². The minimum absolute atomic E-state index is 0.0698. The molecule has 5 aromatic rings. The van der Waals surface area contributed by atoms with Crippen molar-refractivity contribution in [1.29, 1.82) is 0 Å². The Morgan fingerprint density at radius 2 is 1.89 bits per heavy atom. The van der Waals surface area contributed by atoms with Crippen molar-refractivity contribution in [2.45, 2.75) is 19.4 Å². The first-order valence-electron chi connectivity index (χ1n) is 11.0. The van der Waals surface area contributed by atoms with Crippen molar-refractivity contribution in [3.05, 3.63) is 83.2 Å². The van der Waals surface area contributed by atoms with Gasteiger partial charge in [0.1, 0.15) is 46.9 Å². The number of anilines is 2. The van der Waals surface area contributed by atoms with E-state index in [1.165, 1.54) is 23.0 Å². The topological polar surface area (TPSA) is 129 Å². The summed E-state index contributed by atoms with van der Waals surface area (Å²) in [5, 5.41) is 7.60. The fourth-order valence-electron chi connectivity index (χ4n) is 3.96. The van der Waals surface area contributed by atoms with Crippen molar-refractivity contribution in [3.63, 3.8) is 0 Å². The van der Waals surface area contributed by atoms with Crippen molar-refractivity contribution in [2.75, 3.05) is 11.1 Å². The number of halogens is 1. The van der Waals surface area contributed by atoms with E-state index in [1.54, 1.807) is 48.4 Å². The molecule has 1 unspecified atom stereocenters. The van der Waals surface area contributed by atoms with Gasteiger partial charge in [0.15, 0.2) is 5.82 Å². The molecule has 0 radical (unpaired) electrons. The van der Waals surface area contributed by atoms with Crippen LogP contribution in [0, 0.1) is 5.82 Å². The van der Waals surface area contributed by atoms with Crippen LogP contribution in [0.4, 0.5) is 16.0 Å². The summed E-state index contributed by atoms with van der Waals surface area (Å²) in [6.45, 7) is 1.94. The lowest BCUT2D eigenvalue weighted by Crippen LogP contribution is -2.29. The molecule has 1 atom stereocenters. The predicted molar refractivity (Wildman–Crippen MR) is 130 cm³/mol. The zero-order valence-corrected chi connectivity index (χ0v) is 19.1. The van der Waals surface area contributed by atoms with Crippen LogP contribution in [0.15, 0.2) is 66.0 Å². The molecule has 10 nitrogen and oxygen atoms in total. The average molecular weight is 472 g/mol. The van der Waals surface area contributed by atoms with Gasteiger partial charge in [0.2, 0.25) is 0 Å². The van der Waals surface area contributed by atoms with Crippen LogP contribution in [-0.4, -0.2) is 34.3 Å². The predicted octanol–water partition coefficient (Wildman–Crippen LogP) is 3.26. The molecule has 0 bridgehead atoms. The third-order valence-corrected chi connectivity index (χ3v) is 5.62. The Bertz CT molecular complexity index is 1580. The highest BCUT2D eigenvalue weighted by molar-refractivity contribution is 5.80. The van der Waals surface area contributed by atoms with Gasteiger partial charge in [-0.1, -0.05) is 31.2 Å². The molecule has 3 N–H and O–H groups in total. The molecule has 0 fully saturated rings. The molecule has 11 heteroatoms. The number of hydrogen-bond acceptors (Lipinski definition) is 8. The molecule has 0 spiro atoms. The Labute approximate surface area is 199 Å². The molecule has 5 rings (SSSR count). The number of rotatable bonds is 6. The van der Waals surface area contributed by atoms with E-state index in [2.05, 4.69) is 25.4 Å². The van der Waals surface area contributed by atoms with Crippen molar-refractivity contribution in [1.82, 2.24) is 34.3 Å². The lowest BCUT2D eigenvalue weighted by Gasteiger charge is -2.23. The Morgan fingerprint density at radius 1 is 1.09 bits per heavy atom. The van der Waals surface area contributed by atoms with Crippen molar-refractivity contribution >= 4 is 22.5 Å². The van der Waals surface area contributed by atoms with E-state index < -0.39 is 17.4 Å². The summed E-state index contributed by atoms with van der Waals surface area (Å²) < 4.78 is 17.7. The first kappa shape index (κ1) is 22.1. The van der Waals surface area contributed by atoms with E-state index in [-0.39, 0.29) is 16.7 Å². The van der Waals surface area contributed by atoms with Gasteiger partial charge in [-0.05, 0) is 30.7 Å². The molecule has 3 aromatic heterocycles. The van der Waals surface area contributed by atoms with Crippen LogP contribution in [0.25, 0.3) is 28.0 Å². The molecule has 0 saturated carbocycles. The third kappa shape index (κ3) is 3.97. The van der Waals surface area contributed by atoms with Crippen LogP contribution in [0.2, 0.25) is 0 Å². The van der Waals surface area contributed by atoms with Gasteiger partial charge < -0.3 is 11.1 Å². The van der Waals surface area contributed by atoms with Crippen LogP contribution in [-0.2, 0) is 7.05 Å². The number of aryl methyl sites for hydroxylation is 1. The van der Waals surface area contributed by atoms with Crippen LogP contribution < -0.4 is 16.6 Å². The van der Waals surface area contributed by atoms with Gasteiger partial charge in [-0.15, -0.1) is 0 Å². The Morgan fingerprint density at radius 3 is 2.60 bits per heavy atom. The minimum atomic E-state index is -0.621. The Balaban J connectivity index is 1.71. The van der Waals surface area contributed by atoms with Gasteiger partial charge in [0.25, 0.3) is 5.56 Å². The number of benzene rings is 2. The van der Waals surface area contributed by atoms with Crippen LogP contribution in [0.5, 0.6) is 0 Å². The molecule has 0 saturated heterocycles. The van der Waals surface area contributed by atoms with E-state index in [0.29, 0.717) is 35.1 Å². The number of nitrogens with two attached hydrogens (primary N) is 1. The number of nitrogens with zero attached hydrogens (tertiary/aromatic N) is 7. The molecule has 2 aromatic carbocycles. The first-order chi connectivity index (χ1) is 17.0. The Hall–Kier alpha value is -4.67. The van der Waals surface area contributed by atoms with Gasteiger partial charge in [-0.3, -0.25) is 14.0 Å². The maximum Gasteiger partial charge on any atom is 0.269 e. The highest BCUT2D eigenvalue weighted by Crippen LogP contribution is 2.31. The maximum atomic E-state index is 14.7. The number of nitrogens with one attached hydrogen (secondary N) is 1. The highest BCUT2D eigenvalue weighted by Gasteiger charge is 2.24. The van der Waals surface area contributed by atoms with E-state index >= 15 is 0 Å². The quantitative estimate of drug-likeness (QED) is 0.386. The molecule has 3 heterocycles. The number of fused-ring (bicyclic) bond motifs is 1. The lowest BCUT2D eigenvalue weighted by molar-refractivity contribution is 0.630. The van der Waals surface area contributed by atoms with Crippen LogP contribution in [0.1, 0.15) is 25.2 Å². The van der Waals surface area contributed by atoms with Gasteiger partial charge in [0.05, 0.1) is 17.2 Å². The summed E-state index contributed by atoms with van der Waals surface area (Å²) in [7, 11) is 1.75. The lowest BCUT2D eigenvalue weighted by atomic mass is 10.1.